The molecule has 1 aliphatic heterocycles. The fourth-order valence-corrected chi connectivity index (χ4v) is 6.46. The first-order valence-corrected chi connectivity index (χ1v) is 15.0. The number of hydrogen-bond donors (Lipinski definition) is 2. The van der Waals surface area contributed by atoms with Crippen LogP contribution < -0.4 is 15.4 Å². The molecule has 1 saturated heterocycles. The van der Waals surface area contributed by atoms with E-state index in [0.717, 1.165) is 35.6 Å². The molecule has 0 radical (unpaired) electrons. The third kappa shape index (κ3) is 6.67. The van der Waals surface area contributed by atoms with Crippen LogP contribution >= 0.6 is 0 Å². The van der Waals surface area contributed by atoms with E-state index in [4.69, 9.17) is 9.47 Å². The molecule has 1 fully saturated rings. The number of fused-ring (bicyclic) bond motifs is 1. The first-order valence-electron chi connectivity index (χ1n) is 13.6. The summed E-state index contributed by atoms with van der Waals surface area (Å²) in [4.78, 5) is 34.0. The van der Waals surface area contributed by atoms with Crippen LogP contribution in [0.1, 0.15) is 24.8 Å². The Bertz CT molecular complexity index is 1670. The van der Waals surface area contributed by atoms with Crippen molar-refractivity contribution >= 4 is 38.5 Å². The van der Waals surface area contributed by atoms with Crippen LogP contribution in [0.5, 0.6) is 11.6 Å². The summed E-state index contributed by atoms with van der Waals surface area (Å²) in [6.45, 7) is 0.875. The van der Waals surface area contributed by atoms with Crippen LogP contribution in [0.25, 0.3) is 10.8 Å². The maximum absolute atomic E-state index is 13.3. The quantitative estimate of drug-likeness (QED) is 0.272. The van der Waals surface area contributed by atoms with Crippen LogP contribution in [0, 0.1) is 0 Å². The molecule has 0 bridgehead atoms. The Balaban J connectivity index is 1.26. The van der Waals surface area contributed by atoms with E-state index in [1.54, 1.807) is 55.0 Å². The van der Waals surface area contributed by atoms with Crippen LogP contribution in [-0.4, -0.2) is 60.9 Å². The number of anilines is 1. The highest BCUT2D eigenvalue weighted by molar-refractivity contribution is 7.89. The molecule has 1 atom stereocenters. The Labute approximate surface area is 243 Å². The largest absolute Gasteiger partial charge is 0.467 e. The molecule has 2 aromatic heterocycles. The second kappa shape index (κ2) is 13.0. The number of urea groups is 1. The number of hydrogen-bond acceptors (Lipinski definition) is 8. The number of carbonyl (C=O) groups is 2. The zero-order valence-corrected chi connectivity index (χ0v) is 23.8. The Hall–Kier alpha value is -4.55. The number of sulfonamides is 1. The lowest BCUT2D eigenvalue weighted by atomic mass is 10.1. The zero-order valence-electron chi connectivity index (χ0n) is 23.0. The van der Waals surface area contributed by atoms with Crippen molar-refractivity contribution in [2.24, 2.45) is 0 Å². The lowest BCUT2D eigenvalue weighted by Gasteiger charge is -2.27. The van der Waals surface area contributed by atoms with Gasteiger partial charge in [-0.15, -0.1) is 0 Å². The minimum Gasteiger partial charge on any atom is -0.467 e. The molecular formula is C30H31N5O6S. The fraction of sp³-hybridized carbons (Fsp3) is 0.267. The summed E-state index contributed by atoms with van der Waals surface area (Å²) in [5, 5.41) is 6.94. The number of nitrogens with one attached hydrogen (secondary N) is 2. The molecule has 2 amide bonds. The van der Waals surface area contributed by atoms with Crippen LogP contribution in [0.2, 0.25) is 0 Å². The number of esters is 1. The highest BCUT2D eigenvalue weighted by Crippen LogP contribution is 2.28. The monoisotopic (exact) mass is 589 g/mol. The number of para-hydroxylation sites is 1. The van der Waals surface area contributed by atoms with E-state index < -0.39 is 28.1 Å². The normalized spacial score (nSPS) is 14.6. The molecule has 12 heteroatoms. The molecule has 0 spiro atoms. The highest BCUT2D eigenvalue weighted by atomic mass is 32.2. The van der Waals surface area contributed by atoms with Crippen LogP contribution in [-0.2, 0) is 26.0 Å². The van der Waals surface area contributed by atoms with E-state index in [2.05, 4.69) is 20.6 Å². The van der Waals surface area contributed by atoms with Crippen molar-refractivity contribution in [1.82, 2.24) is 19.6 Å². The number of methoxy groups -OCH3 is 1. The van der Waals surface area contributed by atoms with Gasteiger partial charge in [0.05, 0.1) is 18.2 Å². The number of aromatic nitrogens is 2. The van der Waals surface area contributed by atoms with Crippen molar-refractivity contribution < 1.29 is 27.5 Å². The molecule has 1 aliphatic rings. The van der Waals surface area contributed by atoms with E-state index in [0.29, 0.717) is 24.7 Å². The molecule has 218 valence electrons. The summed E-state index contributed by atoms with van der Waals surface area (Å²) in [6, 6.07) is 15.2. The summed E-state index contributed by atoms with van der Waals surface area (Å²) >= 11 is 0. The first kappa shape index (κ1) is 29.0. The molecule has 42 heavy (non-hydrogen) atoms. The van der Waals surface area contributed by atoms with E-state index >= 15 is 0 Å². The van der Waals surface area contributed by atoms with E-state index in [1.165, 1.54) is 23.5 Å². The number of rotatable bonds is 9. The van der Waals surface area contributed by atoms with Gasteiger partial charge in [0, 0.05) is 38.1 Å². The number of carbonyl (C=O) groups excluding carboxylic acids is 2. The van der Waals surface area contributed by atoms with Gasteiger partial charge < -0.3 is 20.1 Å². The third-order valence-corrected chi connectivity index (χ3v) is 8.92. The Morgan fingerprint density at radius 1 is 0.976 bits per heavy atom. The maximum atomic E-state index is 13.3. The molecule has 0 saturated carbocycles. The number of piperidine rings is 1. The number of benzene rings is 2. The van der Waals surface area contributed by atoms with Crippen LogP contribution in [0.4, 0.5) is 10.5 Å². The van der Waals surface area contributed by atoms with Crippen molar-refractivity contribution in [3.8, 4) is 11.6 Å². The second-order valence-corrected chi connectivity index (χ2v) is 11.7. The van der Waals surface area contributed by atoms with Gasteiger partial charge in [0.15, 0.2) is 0 Å². The number of ether oxygens (including phenoxy) is 2. The summed E-state index contributed by atoms with van der Waals surface area (Å²) in [7, 11) is -2.56. The Morgan fingerprint density at radius 3 is 2.48 bits per heavy atom. The lowest BCUT2D eigenvalue weighted by Crippen LogP contribution is -2.45. The summed E-state index contributed by atoms with van der Waals surface area (Å²) in [5.41, 5.74) is 0.863. The van der Waals surface area contributed by atoms with Crippen molar-refractivity contribution in [2.75, 3.05) is 25.5 Å². The molecule has 4 aromatic rings. The average Bonchev–Trinajstić information content (AvgIpc) is 3.02. The molecular weight excluding hydrogens is 558 g/mol. The topological polar surface area (TPSA) is 140 Å². The Kier molecular flexibility index (Phi) is 8.94. The predicted octanol–water partition coefficient (Wildman–Crippen LogP) is 4.50. The number of nitrogens with zero attached hydrogens (tertiary/aromatic N) is 3. The third-order valence-electron chi connectivity index (χ3n) is 6.97. The van der Waals surface area contributed by atoms with Crippen molar-refractivity contribution in [1.29, 1.82) is 0 Å². The van der Waals surface area contributed by atoms with Gasteiger partial charge in [0.25, 0.3) is 0 Å². The van der Waals surface area contributed by atoms with Gasteiger partial charge >= 0.3 is 12.0 Å². The minimum absolute atomic E-state index is 0.00345. The van der Waals surface area contributed by atoms with Gasteiger partial charge in [-0.1, -0.05) is 30.7 Å². The standard InChI is InChI=1S/C30H31N5O6S/c1-40-29(36)26(19-21-9-11-23(12-10-21)41-28-24-20-31-15-13-22(24)14-16-32-28)34-30(37)33-25-7-3-4-8-27(25)42(38,39)35-17-5-2-6-18-35/h3-4,7-16,20,26H,2,5-6,17-19H2,1H3,(H2,33,34,37). The van der Waals surface area contributed by atoms with Gasteiger partial charge in [0.1, 0.15) is 16.7 Å². The molecule has 0 aliphatic carbocycles. The molecule has 2 aromatic carbocycles. The maximum Gasteiger partial charge on any atom is 0.328 e. The molecule has 1 unspecified atom stereocenters. The van der Waals surface area contributed by atoms with E-state index in [9.17, 15) is 18.0 Å². The summed E-state index contributed by atoms with van der Waals surface area (Å²) in [6.07, 6.45) is 7.74. The number of pyridine rings is 2. The highest BCUT2D eigenvalue weighted by Gasteiger charge is 2.29. The van der Waals surface area contributed by atoms with Gasteiger partial charge in [-0.2, -0.15) is 4.31 Å². The summed E-state index contributed by atoms with van der Waals surface area (Å²) in [5.74, 6) is 0.309. The zero-order chi connectivity index (χ0) is 29.5. The smallest absolute Gasteiger partial charge is 0.328 e. The van der Waals surface area contributed by atoms with Crippen LogP contribution in [0.3, 0.4) is 0 Å². The Morgan fingerprint density at radius 2 is 1.71 bits per heavy atom. The van der Waals surface area contributed by atoms with Crippen molar-refractivity contribution in [2.45, 2.75) is 36.6 Å². The molecule has 5 rings (SSSR count). The fourth-order valence-electron chi connectivity index (χ4n) is 4.80. The predicted molar refractivity (Wildman–Crippen MR) is 157 cm³/mol. The molecule has 2 N–H and O–H groups in total. The van der Waals surface area contributed by atoms with Gasteiger partial charge in [0.2, 0.25) is 15.9 Å². The number of amides is 2. The van der Waals surface area contributed by atoms with E-state index in [1.807, 2.05) is 12.1 Å². The van der Waals surface area contributed by atoms with Crippen molar-refractivity contribution in [3.05, 3.63) is 84.8 Å². The van der Waals surface area contributed by atoms with Gasteiger partial charge in [-0.25, -0.2) is 23.0 Å². The lowest BCUT2D eigenvalue weighted by molar-refractivity contribution is -0.142. The van der Waals surface area contributed by atoms with Crippen molar-refractivity contribution in [3.63, 3.8) is 0 Å². The second-order valence-electron chi connectivity index (χ2n) is 9.80. The van der Waals surface area contributed by atoms with Crippen LogP contribution in [0.15, 0.2) is 84.1 Å². The average molecular weight is 590 g/mol. The molecule has 11 nitrogen and oxygen atoms in total. The van der Waals surface area contributed by atoms with Gasteiger partial charge in [-0.05, 0) is 60.2 Å². The molecule has 3 heterocycles. The minimum atomic E-state index is -3.80. The van der Waals surface area contributed by atoms with Gasteiger partial charge in [-0.3, -0.25) is 4.98 Å². The van der Waals surface area contributed by atoms with E-state index in [-0.39, 0.29) is 17.0 Å². The SMILES string of the molecule is COC(=O)C(Cc1ccc(Oc2nccc3ccncc23)cc1)NC(=O)Nc1ccccc1S(=O)(=O)N1CCCCC1. The first-order chi connectivity index (χ1) is 20.3. The summed E-state index contributed by atoms with van der Waals surface area (Å²) < 4.78 is 38.9.